The van der Waals surface area contributed by atoms with Crippen LogP contribution in [0.2, 0.25) is 0 Å². The minimum Gasteiger partial charge on any atom is -0.328 e. The number of hydrogen-bond acceptors (Lipinski definition) is 3. The third-order valence-corrected chi connectivity index (χ3v) is 7.03. The minimum atomic E-state index is -1.96. The average molecular weight is 459 g/mol. The molecule has 0 aliphatic heterocycles. The number of hydrogen-bond donors (Lipinski definition) is 1. The predicted octanol–water partition coefficient (Wildman–Crippen LogP) is 8.90. The van der Waals surface area contributed by atoms with Gasteiger partial charge in [0.2, 0.25) is 0 Å². The van der Waals surface area contributed by atoms with Gasteiger partial charge in [0, 0.05) is 0 Å². The Bertz CT molecular complexity index is 653. The molecular weight excluding hydrogens is 415 g/mol. The Morgan fingerprint density at radius 2 is 1.09 bits per heavy atom. The predicted molar refractivity (Wildman–Crippen MR) is 137 cm³/mol. The van der Waals surface area contributed by atoms with Crippen LogP contribution in [-0.2, 0) is 14.6 Å². The fourth-order valence-electron chi connectivity index (χ4n) is 4.23. The van der Waals surface area contributed by atoms with Crippen molar-refractivity contribution in [3.63, 3.8) is 0 Å². The van der Waals surface area contributed by atoms with Crippen molar-refractivity contribution in [2.75, 3.05) is 6.61 Å². The van der Waals surface area contributed by atoms with Crippen LogP contribution in [0.5, 0.6) is 0 Å². The zero-order valence-electron chi connectivity index (χ0n) is 20.2. The number of benzene rings is 2. The molecule has 0 aromatic heterocycles. The molecule has 0 heterocycles. The van der Waals surface area contributed by atoms with Crippen LogP contribution in [0.15, 0.2) is 60.7 Å². The molecule has 0 amide bonds. The van der Waals surface area contributed by atoms with Crippen molar-refractivity contribution in [2.24, 2.45) is 0 Å². The van der Waals surface area contributed by atoms with E-state index in [9.17, 15) is 4.89 Å². The van der Waals surface area contributed by atoms with Gasteiger partial charge in [0.15, 0.2) is 0 Å². The zero-order chi connectivity index (χ0) is 22.9. The highest BCUT2D eigenvalue weighted by Crippen LogP contribution is 2.48. The highest BCUT2D eigenvalue weighted by molar-refractivity contribution is 7.40. The molecular formula is C28H43O3P. The van der Waals surface area contributed by atoms with Gasteiger partial charge in [-0.1, -0.05) is 139 Å². The lowest BCUT2D eigenvalue weighted by Crippen LogP contribution is -2.29. The quantitative estimate of drug-likeness (QED) is 0.179. The van der Waals surface area contributed by atoms with E-state index < -0.39 is 14.2 Å². The summed E-state index contributed by atoms with van der Waals surface area (Å²) < 4.78 is 12.0. The monoisotopic (exact) mass is 458 g/mol. The van der Waals surface area contributed by atoms with Gasteiger partial charge < -0.3 is 9.42 Å². The Morgan fingerprint density at radius 3 is 1.53 bits per heavy atom. The Labute approximate surface area is 197 Å². The summed E-state index contributed by atoms with van der Waals surface area (Å²) in [5.74, 6) is 0. The van der Waals surface area contributed by atoms with Gasteiger partial charge in [-0.05, 0) is 24.0 Å². The number of unbranched alkanes of at least 4 members (excludes halogenated alkanes) is 10. The molecule has 0 aliphatic rings. The lowest BCUT2D eigenvalue weighted by atomic mass is 9.84. The lowest BCUT2D eigenvalue weighted by Gasteiger charge is -2.35. The maximum atomic E-state index is 10.6. The molecule has 2 aromatic rings. The largest absolute Gasteiger partial charge is 0.331 e. The summed E-state index contributed by atoms with van der Waals surface area (Å²) in [7, 11) is -1.96. The molecule has 0 aliphatic carbocycles. The van der Waals surface area contributed by atoms with E-state index in [-0.39, 0.29) is 0 Å². The van der Waals surface area contributed by atoms with E-state index in [4.69, 9.17) is 9.05 Å². The Morgan fingerprint density at radius 1 is 0.656 bits per heavy atom. The van der Waals surface area contributed by atoms with Crippen molar-refractivity contribution in [3.05, 3.63) is 71.8 Å². The molecule has 0 saturated heterocycles. The second-order valence-corrected chi connectivity index (χ2v) is 9.53. The first-order valence-electron chi connectivity index (χ1n) is 12.6. The van der Waals surface area contributed by atoms with Gasteiger partial charge in [-0.25, -0.2) is 0 Å². The van der Waals surface area contributed by atoms with Crippen molar-refractivity contribution >= 4 is 8.60 Å². The van der Waals surface area contributed by atoms with Gasteiger partial charge in [0.1, 0.15) is 5.60 Å². The topological polar surface area (TPSA) is 38.7 Å². The van der Waals surface area contributed by atoms with Crippen molar-refractivity contribution < 1.29 is 13.9 Å². The molecule has 0 bridgehead atoms. The van der Waals surface area contributed by atoms with E-state index in [0.717, 1.165) is 24.0 Å². The average Bonchev–Trinajstić information content (AvgIpc) is 2.84. The molecule has 2 aromatic carbocycles. The summed E-state index contributed by atoms with van der Waals surface area (Å²) in [5, 5.41) is 0. The summed E-state index contributed by atoms with van der Waals surface area (Å²) in [6.07, 6.45) is 15.0. The van der Waals surface area contributed by atoms with Gasteiger partial charge in [0.25, 0.3) is 0 Å². The fraction of sp³-hybridized carbons (Fsp3) is 0.571. The summed E-state index contributed by atoms with van der Waals surface area (Å²) in [5.41, 5.74) is 1.36. The molecule has 1 atom stereocenters. The smallest absolute Gasteiger partial charge is 0.328 e. The first kappa shape index (κ1) is 27.0. The fourth-order valence-corrected chi connectivity index (χ4v) is 5.17. The van der Waals surface area contributed by atoms with E-state index in [1.807, 2.05) is 36.4 Å². The highest BCUT2D eigenvalue weighted by Gasteiger charge is 2.37. The summed E-state index contributed by atoms with van der Waals surface area (Å²) in [4.78, 5) is 10.6. The molecule has 32 heavy (non-hydrogen) atoms. The molecule has 0 radical (unpaired) electrons. The van der Waals surface area contributed by atoms with Crippen molar-refractivity contribution in [1.82, 2.24) is 0 Å². The van der Waals surface area contributed by atoms with Crippen molar-refractivity contribution in [3.8, 4) is 0 Å². The minimum absolute atomic E-state index is 0.544. The third-order valence-electron chi connectivity index (χ3n) is 6.16. The van der Waals surface area contributed by atoms with Crippen LogP contribution in [0.3, 0.4) is 0 Å². The molecule has 0 saturated carbocycles. The van der Waals surface area contributed by atoms with E-state index in [2.05, 4.69) is 38.1 Å². The molecule has 178 valence electrons. The summed E-state index contributed by atoms with van der Waals surface area (Å²) in [6.45, 7) is 4.90. The second-order valence-electron chi connectivity index (χ2n) is 8.61. The SMILES string of the molecule is CCCCCCCCCCCCCOP(O)OC(CC)(c1ccccc1)c1ccccc1. The van der Waals surface area contributed by atoms with Gasteiger partial charge in [-0.2, -0.15) is 0 Å². The maximum Gasteiger partial charge on any atom is 0.331 e. The van der Waals surface area contributed by atoms with E-state index in [1.165, 1.54) is 57.8 Å². The van der Waals surface area contributed by atoms with Crippen molar-refractivity contribution in [2.45, 2.75) is 96.5 Å². The zero-order valence-corrected chi connectivity index (χ0v) is 21.1. The highest BCUT2D eigenvalue weighted by atomic mass is 31.2. The van der Waals surface area contributed by atoms with Crippen molar-refractivity contribution in [1.29, 1.82) is 0 Å². The van der Waals surface area contributed by atoms with E-state index >= 15 is 0 Å². The van der Waals surface area contributed by atoms with Crippen LogP contribution in [0.1, 0.15) is 102 Å². The molecule has 2 rings (SSSR count). The Balaban J connectivity index is 1.72. The van der Waals surface area contributed by atoms with Crippen LogP contribution in [0.25, 0.3) is 0 Å². The van der Waals surface area contributed by atoms with Crippen LogP contribution < -0.4 is 0 Å². The standard InChI is InChI=1S/C28H43O3P/c1-3-5-6-7-8-9-10-11-12-13-20-25-30-32(29)31-28(4-2,26-21-16-14-17-22-26)27-23-18-15-19-24-27/h14-19,21-24,29H,3-13,20,25H2,1-2H3. The lowest BCUT2D eigenvalue weighted by molar-refractivity contribution is 0.0723. The molecule has 1 N–H and O–H groups in total. The van der Waals surface area contributed by atoms with Gasteiger partial charge in [0.05, 0.1) is 6.61 Å². The number of rotatable bonds is 18. The normalized spacial score (nSPS) is 12.7. The molecule has 0 fully saturated rings. The maximum absolute atomic E-state index is 10.6. The van der Waals surface area contributed by atoms with Crippen LogP contribution >= 0.6 is 8.60 Å². The van der Waals surface area contributed by atoms with Gasteiger partial charge >= 0.3 is 8.60 Å². The molecule has 4 heteroatoms. The van der Waals surface area contributed by atoms with Crippen LogP contribution in [0.4, 0.5) is 0 Å². The van der Waals surface area contributed by atoms with E-state index in [0.29, 0.717) is 13.0 Å². The van der Waals surface area contributed by atoms with Crippen LogP contribution in [0, 0.1) is 0 Å². The van der Waals surface area contributed by atoms with Crippen LogP contribution in [-0.4, -0.2) is 11.5 Å². The Kier molecular flexibility index (Phi) is 13.8. The van der Waals surface area contributed by atoms with Gasteiger partial charge in [-0.3, -0.25) is 4.52 Å². The second kappa shape index (κ2) is 16.4. The van der Waals surface area contributed by atoms with Gasteiger partial charge in [-0.15, -0.1) is 0 Å². The Hall–Kier alpha value is -1.25. The van der Waals surface area contributed by atoms with E-state index in [1.54, 1.807) is 0 Å². The molecule has 0 spiro atoms. The summed E-state index contributed by atoms with van der Waals surface area (Å²) in [6, 6.07) is 20.3. The molecule has 1 unspecified atom stereocenters. The first-order valence-corrected chi connectivity index (χ1v) is 13.8. The third kappa shape index (κ3) is 9.32. The summed E-state index contributed by atoms with van der Waals surface area (Å²) >= 11 is 0. The molecule has 3 nitrogen and oxygen atoms in total. The first-order chi connectivity index (χ1) is 15.7.